The minimum absolute atomic E-state index is 0. The van der Waals surface area contributed by atoms with Gasteiger partial charge in [0.15, 0.2) is 0 Å². The number of hydrogen-bond acceptors (Lipinski definition) is 2. The Labute approximate surface area is 166 Å². The SMILES string of the molecule is O=S(=O)(O)c1c(Cl)ccc2c1ccc1c3ccccc3ccc21.[NaH]. The average molecular weight is 367 g/mol. The second-order valence-corrected chi connectivity index (χ2v) is 7.16. The predicted molar refractivity (Wildman–Crippen MR) is 101 cm³/mol. The van der Waals surface area contributed by atoms with E-state index in [9.17, 15) is 13.0 Å². The van der Waals surface area contributed by atoms with Gasteiger partial charge < -0.3 is 0 Å². The van der Waals surface area contributed by atoms with E-state index in [-0.39, 0.29) is 39.5 Å². The van der Waals surface area contributed by atoms with Gasteiger partial charge in [-0.3, -0.25) is 4.55 Å². The fourth-order valence-corrected chi connectivity index (χ4v) is 4.34. The Bertz CT molecular complexity index is 1200. The van der Waals surface area contributed by atoms with Crippen molar-refractivity contribution in [2.24, 2.45) is 0 Å². The van der Waals surface area contributed by atoms with Gasteiger partial charge in [0.2, 0.25) is 0 Å². The summed E-state index contributed by atoms with van der Waals surface area (Å²) in [5.41, 5.74) is 0. The van der Waals surface area contributed by atoms with Gasteiger partial charge in [-0.25, -0.2) is 0 Å². The molecule has 0 aliphatic carbocycles. The van der Waals surface area contributed by atoms with Crippen molar-refractivity contribution in [1.82, 2.24) is 0 Å². The molecule has 0 aromatic heterocycles. The topological polar surface area (TPSA) is 54.4 Å². The van der Waals surface area contributed by atoms with Crippen LogP contribution in [0, 0.1) is 0 Å². The number of rotatable bonds is 1. The van der Waals surface area contributed by atoms with Crippen LogP contribution < -0.4 is 0 Å². The molecule has 0 atom stereocenters. The second-order valence-electron chi connectivity index (χ2n) is 5.39. The molecule has 0 unspecified atom stereocenters. The zero-order valence-corrected chi connectivity index (χ0v) is 13.4. The van der Waals surface area contributed by atoms with E-state index in [4.69, 9.17) is 11.6 Å². The number of benzene rings is 4. The molecule has 0 radical (unpaired) electrons. The Morgan fingerprint density at radius 1 is 0.708 bits per heavy atom. The summed E-state index contributed by atoms with van der Waals surface area (Å²) in [7, 11) is -4.40. The Kier molecular flexibility index (Phi) is 4.64. The van der Waals surface area contributed by atoms with Crippen molar-refractivity contribution in [2.45, 2.75) is 4.90 Å². The third-order valence-corrected chi connectivity index (χ3v) is 5.47. The van der Waals surface area contributed by atoms with Crippen molar-refractivity contribution in [3.63, 3.8) is 0 Å². The van der Waals surface area contributed by atoms with Gasteiger partial charge >= 0.3 is 29.6 Å². The van der Waals surface area contributed by atoms with Gasteiger partial charge in [-0.15, -0.1) is 0 Å². The number of halogens is 1. The van der Waals surface area contributed by atoms with Crippen LogP contribution in [-0.2, 0) is 10.1 Å². The molecule has 0 saturated carbocycles. The maximum atomic E-state index is 11.7. The first-order chi connectivity index (χ1) is 11.0. The maximum absolute atomic E-state index is 11.7. The molecule has 0 saturated heterocycles. The first-order valence-electron chi connectivity index (χ1n) is 6.97. The van der Waals surface area contributed by atoms with Crippen molar-refractivity contribution in [1.29, 1.82) is 0 Å². The van der Waals surface area contributed by atoms with Crippen LogP contribution in [0.5, 0.6) is 0 Å². The molecule has 24 heavy (non-hydrogen) atoms. The van der Waals surface area contributed by atoms with Gasteiger partial charge in [0.05, 0.1) is 5.02 Å². The zero-order valence-electron chi connectivity index (χ0n) is 11.8. The molecule has 0 heterocycles. The third-order valence-electron chi connectivity index (χ3n) is 4.08. The van der Waals surface area contributed by atoms with Crippen LogP contribution in [-0.4, -0.2) is 42.5 Å². The Hall–Kier alpha value is -1.14. The Morgan fingerprint density at radius 2 is 1.25 bits per heavy atom. The second kappa shape index (κ2) is 6.30. The average Bonchev–Trinajstić information content (AvgIpc) is 2.52. The first kappa shape index (κ1) is 17.7. The van der Waals surface area contributed by atoms with Crippen molar-refractivity contribution in [2.75, 3.05) is 0 Å². The first-order valence-corrected chi connectivity index (χ1v) is 8.79. The fraction of sp³-hybridized carbons (Fsp3) is 0. The molecule has 0 aliphatic rings. The summed E-state index contributed by atoms with van der Waals surface area (Å²) in [6, 6.07) is 18.8. The van der Waals surface area contributed by atoms with E-state index in [1.165, 1.54) is 6.07 Å². The molecule has 4 rings (SSSR count). The molecule has 0 amide bonds. The molecule has 0 aliphatic heterocycles. The van der Waals surface area contributed by atoms with E-state index < -0.39 is 10.1 Å². The Balaban J connectivity index is 0.00000169. The van der Waals surface area contributed by atoms with Crippen LogP contribution in [0.3, 0.4) is 0 Å². The molecule has 1 N–H and O–H groups in total. The molecule has 6 heteroatoms. The van der Waals surface area contributed by atoms with Crippen molar-refractivity contribution in [3.8, 4) is 0 Å². The van der Waals surface area contributed by atoms with E-state index in [1.54, 1.807) is 12.1 Å². The molecule has 4 aromatic rings. The van der Waals surface area contributed by atoms with Gasteiger partial charge in [-0.1, -0.05) is 66.2 Å². The van der Waals surface area contributed by atoms with E-state index in [1.807, 2.05) is 42.5 Å². The summed E-state index contributed by atoms with van der Waals surface area (Å²) >= 11 is 5.99. The summed E-state index contributed by atoms with van der Waals surface area (Å²) < 4.78 is 32.9. The minimum atomic E-state index is -4.40. The molecular weight excluding hydrogens is 355 g/mol. The van der Waals surface area contributed by atoms with E-state index >= 15 is 0 Å². The summed E-state index contributed by atoms with van der Waals surface area (Å²) in [6.07, 6.45) is 0. The monoisotopic (exact) mass is 366 g/mol. The van der Waals surface area contributed by atoms with Crippen LogP contribution >= 0.6 is 11.6 Å². The molecule has 116 valence electrons. The zero-order chi connectivity index (χ0) is 16.2. The van der Waals surface area contributed by atoms with Crippen LogP contribution in [0.1, 0.15) is 0 Å². The standard InChI is InChI=1S/C18H11ClO3S.Na.H/c19-17-10-9-15-14-6-5-11-3-1-2-4-12(11)13(14)7-8-16(15)18(17)23(20,21)22;;/h1-10H,(H,20,21,22);;. The Morgan fingerprint density at radius 3 is 2.00 bits per heavy atom. The van der Waals surface area contributed by atoms with Gasteiger partial charge in [0.25, 0.3) is 10.1 Å². The van der Waals surface area contributed by atoms with Gasteiger partial charge in [0, 0.05) is 5.39 Å². The predicted octanol–water partition coefficient (Wildman–Crippen LogP) is 4.40. The molecule has 0 fully saturated rings. The molecule has 0 bridgehead atoms. The number of hydrogen-bond donors (Lipinski definition) is 1. The van der Waals surface area contributed by atoms with Gasteiger partial charge in [-0.05, 0) is 33.0 Å². The van der Waals surface area contributed by atoms with Crippen LogP contribution in [0.2, 0.25) is 5.02 Å². The summed E-state index contributed by atoms with van der Waals surface area (Å²) in [4.78, 5) is -0.244. The molecular formula is C18H12ClNaO3S. The van der Waals surface area contributed by atoms with Gasteiger partial charge in [0.1, 0.15) is 4.90 Å². The van der Waals surface area contributed by atoms with Crippen LogP contribution in [0.4, 0.5) is 0 Å². The number of fused-ring (bicyclic) bond motifs is 5. The van der Waals surface area contributed by atoms with E-state index in [2.05, 4.69) is 0 Å². The van der Waals surface area contributed by atoms with Crippen LogP contribution in [0.25, 0.3) is 32.3 Å². The molecule has 0 spiro atoms. The van der Waals surface area contributed by atoms with Crippen molar-refractivity contribution >= 4 is 83.6 Å². The summed E-state index contributed by atoms with van der Waals surface area (Å²) in [5, 5.41) is 5.33. The summed E-state index contributed by atoms with van der Waals surface area (Å²) in [5.74, 6) is 0. The van der Waals surface area contributed by atoms with E-state index in [0.717, 1.165) is 26.9 Å². The van der Waals surface area contributed by atoms with Crippen molar-refractivity contribution in [3.05, 3.63) is 65.7 Å². The third kappa shape index (κ3) is 2.73. The van der Waals surface area contributed by atoms with Gasteiger partial charge in [-0.2, -0.15) is 8.42 Å². The quantitative estimate of drug-likeness (QED) is 0.308. The van der Waals surface area contributed by atoms with E-state index in [0.29, 0.717) is 5.39 Å². The normalized spacial score (nSPS) is 11.8. The molecule has 4 aromatic carbocycles. The fourth-order valence-electron chi connectivity index (χ4n) is 3.11. The molecule has 3 nitrogen and oxygen atoms in total. The summed E-state index contributed by atoms with van der Waals surface area (Å²) in [6.45, 7) is 0. The van der Waals surface area contributed by atoms with Crippen LogP contribution in [0.15, 0.2) is 65.6 Å². The van der Waals surface area contributed by atoms with Crippen molar-refractivity contribution < 1.29 is 13.0 Å².